The maximum Gasteiger partial charge on any atom is 0.220 e. The van der Waals surface area contributed by atoms with E-state index >= 15 is 0 Å². The van der Waals surface area contributed by atoms with Crippen LogP contribution in [0.2, 0.25) is 0 Å². The molecular weight excluding hydrogens is 266 g/mol. The fraction of sp³-hybridized carbons (Fsp3) is 0.467. The fourth-order valence-corrected chi connectivity index (χ4v) is 2.18. The summed E-state index contributed by atoms with van der Waals surface area (Å²) in [5, 5.41) is 10.8. The molecule has 0 aliphatic rings. The number of hydrogen-bond donors (Lipinski definition) is 1. The lowest BCUT2D eigenvalue weighted by molar-refractivity contribution is -0.121. The Morgan fingerprint density at radius 3 is 2.95 bits per heavy atom. The van der Waals surface area contributed by atoms with Crippen molar-refractivity contribution in [3.05, 3.63) is 41.7 Å². The van der Waals surface area contributed by atoms with Crippen LogP contribution in [0.5, 0.6) is 0 Å². The van der Waals surface area contributed by atoms with E-state index in [4.69, 9.17) is 0 Å². The molecule has 0 aromatic carbocycles. The molecular formula is C15H21N5O. The number of aryl methyl sites for hydroxylation is 3. The van der Waals surface area contributed by atoms with Gasteiger partial charge in [0.2, 0.25) is 5.91 Å². The Labute approximate surface area is 124 Å². The van der Waals surface area contributed by atoms with Gasteiger partial charge in [0.15, 0.2) is 0 Å². The van der Waals surface area contributed by atoms with Crippen LogP contribution in [0.15, 0.2) is 24.7 Å². The van der Waals surface area contributed by atoms with Gasteiger partial charge in [-0.05, 0) is 25.5 Å². The average Bonchev–Trinajstić information content (AvgIpc) is 2.84. The van der Waals surface area contributed by atoms with Crippen molar-refractivity contribution in [2.75, 3.05) is 0 Å². The van der Waals surface area contributed by atoms with Gasteiger partial charge in [-0.2, -0.15) is 0 Å². The summed E-state index contributed by atoms with van der Waals surface area (Å²) in [5.74, 6) is 0.845. The molecule has 0 aliphatic carbocycles. The molecule has 1 atom stereocenters. The van der Waals surface area contributed by atoms with Crippen molar-refractivity contribution in [1.82, 2.24) is 25.1 Å². The van der Waals surface area contributed by atoms with E-state index in [2.05, 4.69) is 20.5 Å². The maximum atomic E-state index is 11.9. The number of rotatable bonds is 6. The van der Waals surface area contributed by atoms with Crippen LogP contribution in [-0.2, 0) is 24.7 Å². The molecule has 0 saturated heterocycles. The van der Waals surface area contributed by atoms with E-state index in [1.54, 1.807) is 12.5 Å². The highest BCUT2D eigenvalue weighted by Gasteiger charge is 2.11. The number of carbonyl (C=O) groups excluding carboxylic acids is 1. The predicted molar refractivity (Wildman–Crippen MR) is 79.6 cm³/mol. The van der Waals surface area contributed by atoms with Gasteiger partial charge in [0.1, 0.15) is 12.2 Å². The van der Waals surface area contributed by atoms with Crippen LogP contribution in [0.4, 0.5) is 0 Å². The number of aromatic nitrogens is 4. The molecule has 2 aromatic heterocycles. The Bertz CT molecular complexity index is 608. The summed E-state index contributed by atoms with van der Waals surface area (Å²) < 4.78 is 1.83. The van der Waals surface area contributed by atoms with Gasteiger partial charge in [0.05, 0.1) is 0 Å². The summed E-state index contributed by atoms with van der Waals surface area (Å²) >= 11 is 0. The molecule has 0 spiro atoms. The van der Waals surface area contributed by atoms with E-state index in [0.29, 0.717) is 12.8 Å². The molecule has 0 fully saturated rings. The Morgan fingerprint density at radius 1 is 1.48 bits per heavy atom. The minimum absolute atomic E-state index is 0.0269. The van der Waals surface area contributed by atoms with Crippen LogP contribution >= 0.6 is 0 Å². The van der Waals surface area contributed by atoms with E-state index in [1.165, 1.54) is 0 Å². The number of nitrogens with one attached hydrogen (secondary N) is 1. The first-order valence-corrected chi connectivity index (χ1v) is 7.09. The molecule has 2 rings (SSSR count). The Kier molecular flexibility index (Phi) is 5.03. The van der Waals surface area contributed by atoms with Crippen molar-refractivity contribution >= 4 is 5.91 Å². The molecule has 1 N–H and O–H groups in total. The molecule has 0 saturated carbocycles. The van der Waals surface area contributed by atoms with Crippen molar-refractivity contribution in [2.45, 2.75) is 39.2 Å². The normalized spacial score (nSPS) is 12.1. The molecule has 0 radical (unpaired) electrons. The predicted octanol–water partition coefficient (Wildman–Crippen LogP) is 1.20. The molecule has 2 aromatic rings. The highest BCUT2D eigenvalue weighted by atomic mass is 16.1. The van der Waals surface area contributed by atoms with Gasteiger partial charge in [-0.15, -0.1) is 10.2 Å². The summed E-state index contributed by atoms with van der Waals surface area (Å²) in [6.45, 7) is 4.03. The Balaban J connectivity index is 1.80. The van der Waals surface area contributed by atoms with E-state index in [1.807, 2.05) is 37.6 Å². The fourth-order valence-electron chi connectivity index (χ4n) is 2.18. The topological polar surface area (TPSA) is 72.7 Å². The van der Waals surface area contributed by atoms with Gasteiger partial charge in [0.25, 0.3) is 0 Å². The first-order chi connectivity index (χ1) is 10.1. The monoisotopic (exact) mass is 287 g/mol. The molecule has 112 valence electrons. The molecule has 2 heterocycles. The third-order valence-electron chi connectivity index (χ3n) is 3.41. The number of carbonyl (C=O) groups is 1. The van der Waals surface area contributed by atoms with Crippen molar-refractivity contribution in [3.8, 4) is 0 Å². The van der Waals surface area contributed by atoms with E-state index in [0.717, 1.165) is 23.5 Å². The van der Waals surface area contributed by atoms with Crippen LogP contribution < -0.4 is 5.32 Å². The summed E-state index contributed by atoms with van der Waals surface area (Å²) in [6, 6.07) is 4.01. The number of nitrogens with zero attached hydrogens (tertiary/aromatic N) is 4. The first kappa shape index (κ1) is 15.2. The molecule has 6 heteroatoms. The number of hydrogen-bond acceptors (Lipinski definition) is 4. The first-order valence-electron chi connectivity index (χ1n) is 7.09. The third-order valence-corrected chi connectivity index (χ3v) is 3.41. The van der Waals surface area contributed by atoms with Gasteiger partial charge >= 0.3 is 0 Å². The maximum absolute atomic E-state index is 11.9. The van der Waals surface area contributed by atoms with Crippen molar-refractivity contribution < 1.29 is 4.79 Å². The van der Waals surface area contributed by atoms with E-state index in [-0.39, 0.29) is 11.9 Å². The highest BCUT2D eigenvalue weighted by Crippen LogP contribution is 2.06. The highest BCUT2D eigenvalue weighted by molar-refractivity contribution is 5.76. The zero-order valence-corrected chi connectivity index (χ0v) is 12.7. The minimum atomic E-state index is 0.0269. The van der Waals surface area contributed by atoms with Gasteiger partial charge in [-0.3, -0.25) is 9.78 Å². The SMILES string of the molecule is Cc1cccnc1C[C@@H](C)NC(=O)CCc1nncn1C. The second-order valence-electron chi connectivity index (χ2n) is 5.30. The summed E-state index contributed by atoms with van der Waals surface area (Å²) in [6.07, 6.45) is 5.17. The van der Waals surface area contributed by atoms with Crippen molar-refractivity contribution in [1.29, 1.82) is 0 Å². The molecule has 6 nitrogen and oxygen atoms in total. The second-order valence-corrected chi connectivity index (χ2v) is 5.30. The van der Waals surface area contributed by atoms with Crippen LogP contribution in [-0.4, -0.2) is 31.7 Å². The van der Waals surface area contributed by atoms with Crippen molar-refractivity contribution in [2.24, 2.45) is 7.05 Å². The molecule has 21 heavy (non-hydrogen) atoms. The second kappa shape index (κ2) is 6.97. The molecule has 0 aliphatic heterocycles. The zero-order valence-electron chi connectivity index (χ0n) is 12.7. The number of pyridine rings is 1. The third kappa shape index (κ3) is 4.37. The van der Waals surface area contributed by atoms with E-state index < -0.39 is 0 Å². The van der Waals surface area contributed by atoms with Gasteiger partial charge in [-0.1, -0.05) is 6.07 Å². The van der Waals surface area contributed by atoms with Gasteiger partial charge in [-0.25, -0.2) is 0 Å². The number of amides is 1. The smallest absolute Gasteiger partial charge is 0.220 e. The van der Waals surface area contributed by atoms with Crippen LogP contribution in [0.1, 0.15) is 30.4 Å². The standard InChI is InChI=1S/C15H21N5O/c1-11-5-4-8-16-13(11)9-12(2)18-15(21)7-6-14-19-17-10-20(14)3/h4-5,8,10,12H,6-7,9H2,1-3H3,(H,18,21)/t12-/m1/s1. The lowest BCUT2D eigenvalue weighted by Crippen LogP contribution is -2.34. The minimum Gasteiger partial charge on any atom is -0.353 e. The van der Waals surface area contributed by atoms with E-state index in [9.17, 15) is 4.79 Å². The quantitative estimate of drug-likeness (QED) is 0.866. The largest absolute Gasteiger partial charge is 0.353 e. The summed E-state index contributed by atoms with van der Waals surface area (Å²) in [5.41, 5.74) is 2.18. The van der Waals surface area contributed by atoms with Crippen LogP contribution in [0.25, 0.3) is 0 Å². The zero-order chi connectivity index (χ0) is 15.2. The van der Waals surface area contributed by atoms with Gasteiger partial charge in [0, 0.05) is 44.2 Å². The van der Waals surface area contributed by atoms with Gasteiger partial charge < -0.3 is 9.88 Å². The molecule has 0 unspecified atom stereocenters. The average molecular weight is 287 g/mol. The van der Waals surface area contributed by atoms with Crippen LogP contribution in [0, 0.1) is 6.92 Å². The summed E-state index contributed by atoms with van der Waals surface area (Å²) in [7, 11) is 1.87. The Hall–Kier alpha value is -2.24. The van der Waals surface area contributed by atoms with Crippen molar-refractivity contribution in [3.63, 3.8) is 0 Å². The summed E-state index contributed by atoms with van der Waals surface area (Å²) in [4.78, 5) is 16.3. The molecule has 0 bridgehead atoms. The lowest BCUT2D eigenvalue weighted by Gasteiger charge is -2.14. The van der Waals surface area contributed by atoms with Crippen LogP contribution in [0.3, 0.4) is 0 Å². The lowest BCUT2D eigenvalue weighted by atomic mass is 10.1. The Morgan fingerprint density at radius 2 is 2.29 bits per heavy atom. The molecule has 1 amide bonds.